The zero-order valence-corrected chi connectivity index (χ0v) is 7.47. The first kappa shape index (κ1) is 10.3. The predicted molar refractivity (Wildman–Crippen MR) is 46.7 cm³/mol. The zero-order chi connectivity index (χ0) is 10.7. The van der Waals surface area contributed by atoms with Gasteiger partial charge in [-0.15, -0.1) is 0 Å². The van der Waals surface area contributed by atoms with Gasteiger partial charge in [0.25, 0.3) is 0 Å². The van der Waals surface area contributed by atoms with E-state index in [1.165, 1.54) is 18.2 Å². The van der Waals surface area contributed by atoms with Crippen molar-refractivity contribution in [3.05, 3.63) is 23.8 Å². The van der Waals surface area contributed by atoms with Gasteiger partial charge in [0.2, 0.25) is 0 Å². The van der Waals surface area contributed by atoms with Gasteiger partial charge in [0.05, 0.1) is 12.7 Å². The maximum Gasteiger partial charge on any atom is 0.339 e. The molecule has 1 aromatic carbocycles. The number of aliphatic hydroxyl groups is 1. The molecule has 0 radical (unpaired) electrons. The molecule has 0 aliphatic carbocycles. The number of carbonyl (C=O) groups excluding carboxylic acids is 1. The summed E-state index contributed by atoms with van der Waals surface area (Å²) in [5.74, 6) is -1.66. The lowest BCUT2D eigenvalue weighted by molar-refractivity contribution is -0.150. The first-order valence-corrected chi connectivity index (χ1v) is 3.84. The van der Waals surface area contributed by atoms with Crippen molar-refractivity contribution in [1.29, 1.82) is 0 Å². The summed E-state index contributed by atoms with van der Waals surface area (Å²) < 4.78 is 4.27. The molecule has 14 heavy (non-hydrogen) atoms. The number of benzene rings is 1. The first-order valence-electron chi connectivity index (χ1n) is 3.84. The van der Waals surface area contributed by atoms with E-state index in [0.717, 1.165) is 7.11 Å². The summed E-state index contributed by atoms with van der Waals surface area (Å²) >= 11 is 0. The molecule has 0 aliphatic rings. The summed E-state index contributed by atoms with van der Waals surface area (Å²) in [6.07, 6.45) is -1.68. The van der Waals surface area contributed by atoms with Crippen LogP contribution in [0.25, 0.3) is 0 Å². The highest BCUT2D eigenvalue weighted by molar-refractivity contribution is 5.78. The molecule has 0 saturated heterocycles. The molecule has 0 aromatic heterocycles. The predicted octanol–water partition coefficient (Wildman–Crippen LogP) is 0.304. The third kappa shape index (κ3) is 1.77. The average Bonchev–Trinajstić information content (AvgIpc) is 2.16. The van der Waals surface area contributed by atoms with Crippen LogP contribution in [0.4, 0.5) is 0 Å². The molecular weight excluding hydrogens is 188 g/mol. The Balaban J connectivity index is 3.11. The Bertz CT molecular complexity index is 327. The fraction of sp³-hybridized carbons (Fsp3) is 0.222. The quantitative estimate of drug-likeness (QED) is 0.595. The Morgan fingerprint density at radius 1 is 1.36 bits per heavy atom. The van der Waals surface area contributed by atoms with E-state index in [4.69, 9.17) is 0 Å². The number of hydrogen-bond donors (Lipinski definition) is 3. The number of aliphatic hydroxyl groups excluding tert-OH is 1. The first-order chi connectivity index (χ1) is 6.57. The Hall–Kier alpha value is -1.75. The largest absolute Gasteiger partial charge is 0.507 e. The number of esters is 1. The lowest BCUT2D eigenvalue weighted by Gasteiger charge is -2.11. The van der Waals surface area contributed by atoms with Gasteiger partial charge in [-0.1, -0.05) is 6.07 Å². The molecule has 0 bridgehead atoms. The highest BCUT2D eigenvalue weighted by atomic mass is 16.5. The van der Waals surface area contributed by atoms with Gasteiger partial charge in [0, 0.05) is 0 Å². The lowest BCUT2D eigenvalue weighted by atomic mass is 10.1. The Morgan fingerprint density at radius 2 is 1.86 bits per heavy atom. The smallest absolute Gasteiger partial charge is 0.339 e. The van der Waals surface area contributed by atoms with Crippen molar-refractivity contribution in [2.75, 3.05) is 7.11 Å². The van der Waals surface area contributed by atoms with Crippen molar-refractivity contribution in [3.8, 4) is 11.5 Å². The molecule has 1 unspecified atom stereocenters. The summed E-state index contributed by atoms with van der Waals surface area (Å²) in [4.78, 5) is 10.9. The third-order valence-corrected chi connectivity index (χ3v) is 1.76. The Morgan fingerprint density at radius 3 is 2.29 bits per heavy atom. The van der Waals surface area contributed by atoms with Crippen molar-refractivity contribution in [2.24, 2.45) is 0 Å². The number of methoxy groups -OCH3 is 1. The fourth-order valence-corrected chi connectivity index (χ4v) is 1.05. The van der Waals surface area contributed by atoms with Crippen molar-refractivity contribution in [1.82, 2.24) is 0 Å². The Labute approximate surface area is 80.2 Å². The molecule has 0 spiro atoms. The van der Waals surface area contributed by atoms with Gasteiger partial charge in [-0.05, 0) is 12.1 Å². The van der Waals surface area contributed by atoms with Gasteiger partial charge in [0.1, 0.15) is 11.5 Å². The highest BCUT2D eigenvalue weighted by Gasteiger charge is 2.24. The number of hydrogen-bond acceptors (Lipinski definition) is 5. The minimum absolute atomic E-state index is 0.251. The van der Waals surface area contributed by atoms with Crippen LogP contribution in [-0.4, -0.2) is 28.4 Å². The molecule has 1 rings (SSSR count). The van der Waals surface area contributed by atoms with Crippen LogP contribution >= 0.6 is 0 Å². The molecule has 5 nitrogen and oxygen atoms in total. The van der Waals surface area contributed by atoms with Crippen molar-refractivity contribution >= 4 is 5.97 Å². The molecule has 0 aliphatic heterocycles. The number of rotatable bonds is 2. The molecule has 0 saturated carbocycles. The molecule has 5 heteroatoms. The fourth-order valence-electron chi connectivity index (χ4n) is 1.05. The monoisotopic (exact) mass is 198 g/mol. The molecular formula is C9H10O5. The van der Waals surface area contributed by atoms with Crippen molar-refractivity contribution in [3.63, 3.8) is 0 Å². The van der Waals surface area contributed by atoms with Gasteiger partial charge in [0.15, 0.2) is 6.10 Å². The number of phenols is 2. The summed E-state index contributed by atoms with van der Waals surface area (Å²) in [7, 11) is 1.10. The van der Waals surface area contributed by atoms with Gasteiger partial charge < -0.3 is 20.1 Å². The molecule has 1 atom stereocenters. The van der Waals surface area contributed by atoms with Crippen LogP contribution in [0.3, 0.4) is 0 Å². The minimum Gasteiger partial charge on any atom is -0.507 e. The third-order valence-electron chi connectivity index (χ3n) is 1.76. The molecule has 1 aromatic rings. The molecule has 0 heterocycles. The second-order valence-electron chi connectivity index (χ2n) is 2.64. The lowest BCUT2D eigenvalue weighted by Crippen LogP contribution is -2.13. The van der Waals surface area contributed by atoms with Crippen LogP contribution in [0.15, 0.2) is 18.2 Å². The normalized spacial score (nSPS) is 12.1. The van der Waals surface area contributed by atoms with E-state index in [2.05, 4.69) is 4.74 Å². The van der Waals surface area contributed by atoms with Gasteiger partial charge in [-0.3, -0.25) is 0 Å². The Kier molecular flexibility index (Phi) is 2.93. The van der Waals surface area contributed by atoms with E-state index in [9.17, 15) is 20.1 Å². The van der Waals surface area contributed by atoms with Crippen LogP contribution in [-0.2, 0) is 9.53 Å². The SMILES string of the molecule is COC(=O)C(O)c1c(O)cccc1O. The molecule has 0 amide bonds. The second-order valence-corrected chi connectivity index (χ2v) is 2.64. The topological polar surface area (TPSA) is 87.0 Å². The van der Waals surface area contributed by atoms with Crippen LogP contribution < -0.4 is 0 Å². The number of phenolic OH excluding ortho intramolecular Hbond substituents is 2. The van der Waals surface area contributed by atoms with E-state index in [1.54, 1.807) is 0 Å². The van der Waals surface area contributed by atoms with Gasteiger partial charge in [-0.25, -0.2) is 4.79 Å². The maximum absolute atomic E-state index is 10.9. The van der Waals surface area contributed by atoms with Crippen LogP contribution in [0.2, 0.25) is 0 Å². The van der Waals surface area contributed by atoms with E-state index in [-0.39, 0.29) is 17.1 Å². The summed E-state index contributed by atoms with van der Waals surface area (Å²) in [5.41, 5.74) is -0.251. The summed E-state index contributed by atoms with van der Waals surface area (Å²) in [6, 6.07) is 3.89. The van der Waals surface area contributed by atoms with Crippen molar-refractivity contribution in [2.45, 2.75) is 6.10 Å². The standard InChI is InChI=1S/C9H10O5/c1-14-9(13)8(12)7-5(10)3-2-4-6(7)11/h2-4,8,10-12H,1H3. The number of carbonyl (C=O) groups is 1. The molecule has 0 fully saturated rings. The number of ether oxygens (including phenoxy) is 1. The van der Waals surface area contributed by atoms with Crippen molar-refractivity contribution < 1.29 is 24.9 Å². The van der Waals surface area contributed by atoms with E-state index < -0.39 is 12.1 Å². The van der Waals surface area contributed by atoms with Gasteiger partial charge in [-0.2, -0.15) is 0 Å². The molecule has 3 N–H and O–H groups in total. The summed E-state index contributed by atoms with van der Waals surface area (Å²) in [5, 5.41) is 27.9. The highest BCUT2D eigenvalue weighted by Crippen LogP contribution is 2.32. The van der Waals surface area contributed by atoms with Crippen LogP contribution in [0.1, 0.15) is 11.7 Å². The summed E-state index contributed by atoms with van der Waals surface area (Å²) in [6.45, 7) is 0. The average molecular weight is 198 g/mol. The van der Waals surface area contributed by atoms with Crippen LogP contribution in [0, 0.1) is 0 Å². The minimum atomic E-state index is -1.68. The van der Waals surface area contributed by atoms with Crippen LogP contribution in [0.5, 0.6) is 11.5 Å². The maximum atomic E-state index is 10.9. The van der Waals surface area contributed by atoms with E-state index in [1.807, 2.05) is 0 Å². The zero-order valence-electron chi connectivity index (χ0n) is 7.47. The second kappa shape index (κ2) is 3.97. The van der Waals surface area contributed by atoms with E-state index >= 15 is 0 Å². The number of aromatic hydroxyl groups is 2. The molecule has 76 valence electrons. The van der Waals surface area contributed by atoms with Gasteiger partial charge >= 0.3 is 5.97 Å². The van der Waals surface area contributed by atoms with E-state index in [0.29, 0.717) is 0 Å².